The highest BCUT2D eigenvalue weighted by atomic mass is 79.9. The van der Waals surface area contributed by atoms with Crippen LogP contribution in [0.1, 0.15) is 37.6 Å². The van der Waals surface area contributed by atoms with Gasteiger partial charge >= 0.3 is 0 Å². The van der Waals surface area contributed by atoms with Gasteiger partial charge in [-0.05, 0) is 43.0 Å². The molecule has 0 saturated heterocycles. The summed E-state index contributed by atoms with van der Waals surface area (Å²) in [5.41, 5.74) is 0.767. The SMILES string of the molecule is CCOc1ccc(C(=O)NCC(C)(C)CCBr)cc1. The molecule has 3 nitrogen and oxygen atoms in total. The average molecular weight is 328 g/mol. The summed E-state index contributed by atoms with van der Waals surface area (Å²) in [6.07, 6.45) is 1.02. The number of hydrogen-bond donors (Lipinski definition) is 1. The zero-order chi connectivity index (χ0) is 14.3. The van der Waals surface area contributed by atoms with E-state index >= 15 is 0 Å². The van der Waals surface area contributed by atoms with Gasteiger partial charge in [-0.1, -0.05) is 29.8 Å². The van der Waals surface area contributed by atoms with Crippen LogP contribution >= 0.6 is 15.9 Å². The van der Waals surface area contributed by atoms with Crippen molar-refractivity contribution in [1.82, 2.24) is 5.32 Å². The lowest BCUT2D eigenvalue weighted by Crippen LogP contribution is -2.34. The standard InChI is InChI=1S/C15H22BrNO2/c1-4-19-13-7-5-12(6-8-13)14(18)17-11-15(2,3)9-10-16/h5-8H,4,9-11H2,1-3H3,(H,17,18). The molecule has 0 spiro atoms. The Morgan fingerprint density at radius 2 is 1.95 bits per heavy atom. The van der Waals surface area contributed by atoms with E-state index in [2.05, 4.69) is 35.1 Å². The summed E-state index contributed by atoms with van der Waals surface area (Å²) in [5.74, 6) is 0.754. The van der Waals surface area contributed by atoms with E-state index in [4.69, 9.17) is 4.74 Å². The van der Waals surface area contributed by atoms with Crippen LogP contribution in [0, 0.1) is 5.41 Å². The van der Waals surface area contributed by atoms with Gasteiger partial charge in [0, 0.05) is 17.4 Å². The number of amides is 1. The Kier molecular flexibility index (Phi) is 6.35. The zero-order valence-electron chi connectivity index (χ0n) is 11.8. The zero-order valence-corrected chi connectivity index (χ0v) is 13.4. The molecule has 0 unspecified atom stereocenters. The average Bonchev–Trinajstić information content (AvgIpc) is 2.37. The third kappa shape index (κ3) is 5.64. The summed E-state index contributed by atoms with van der Waals surface area (Å²) >= 11 is 3.43. The van der Waals surface area contributed by atoms with Crippen molar-refractivity contribution in [2.45, 2.75) is 27.2 Å². The number of carbonyl (C=O) groups excluding carboxylic acids is 1. The number of carbonyl (C=O) groups is 1. The first kappa shape index (κ1) is 16.0. The molecule has 0 atom stereocenters. The summed E-state index contributed by atoms with van der Waals surface area (Å²) in [4.78, 5) is 12.0. The molecule has 0 aliphatic carbocycles. The monoisotopic (exact) mass is 327 g/mol. The summed E-state index contributed by atoms with van der Waals surface area (Å²) in [5, 5.41) is 3.92. The molecule has 0 fully saturated rings. The maximum absolute atomic E-state index is 12.0. The summed E-state index contributed by atoms with van der Waals surface area (Å²) in [6.45, 7) is 7.53. The lowest BCUT2D eigenvalue weighted by molar-refractivity contribution is 0.0936. The van der Waals surface area contributed by atoms with Gasteiger partial charge < -0.3 is 10.1 Å². The third-order valence-electron chi connectivity index (χ3n) is 2.93. The van der Waals surface area contributed by atoms with Crippen LogP contribution in [0.5, 0.6) is 5.75 Å². The van der Waals surface area contributed by atoms with E-state index in [9.17, 15) is 4.79 Å². The number of halogens is 1. The van der Waals surface area contributed by atoms with Crippen molar-refractivity contribution < 1.29 is 9.53 Å². The van der Waals surface area contributed by atoms with Gasteiger partial charge in [-0.3, -0.25) is 4.79 Å². The fourth-order valence-corrected chi connectivity index (χ4v) is 2.71. The van der Waals surface area contributed by atoms with E-state index in [0.717, 1.165) is 17.5 Å². The first-order valence-electron chi connectivity index (χ1n) is 6.55. The molecule has 0 saturated carbocycles. The highest BCUT2D eigenvalue weighted by Crippen LogP contribution is 2.20. The Morgan fingerprint density at radius 1 is 1.32 bits per heavy atom. The highest BCUT2D eigenvalue weighted by Gasteiger charge is 2.18. The van der Waals surface area contributed by atoms with Gasteiger partial charge in [-0.15, -0.1) is 0 Å². The maximum Gasteiger partial charge on any atom is 0.251 e. The van der Waals surface area contributed by atoms with Gasteiger partial charge in [-0.25, -0.2) is 0 Å². The van der Waals surface area contributed by atoms with Gasteiger partial charge in [0.2, 0.25) is 0 Å². The number of rotatable bonds is 7. The van der Waals surface area contributed by atoms with Gasteiger partial charge in [0.25, 0.3) is 5.91 Å². The van der Waals surface area contributed by atoms with Crippen molar-refractivity contribution in [3.05, 3.63) is 29.8 Å². The van der Waals surface area contributed by atoms with Crippen molar-refractivity contribution in [2.75, 3.05) is 18.5 Å². The van der Waals surface area contributed by atoms with E-state index in [1.165, 1.54) is 0 Å². The number of nitrogens with one attached hydrogen (secondary N) is 1. The van der Waals surface area contributed by atoms with E-state index < -0.39 is 0 Å². The molecule has 0 aromatic heterocycles. The minimum absolute atomic E-state index is 0.0364. The number of hydrogen-bond acceptors (Lipinski definition) is 2. The first-order valence-corrected chi connectivity index (χ1v) is 7.67. The van der Waals surface area contributed by atoms with E-state index in [1.807, 2.05) is 19.1 Å². The molecule has 106 valence electrons. The lowest BCUT2D eigenvalue weighted by atomic mass is 9.90. The van der Waals surface area contributed by atoms with Gasteiger partial charge in [0.15, 0.2) is 0 Å². The van der Waals surface area contributed by atoms with Crippen molar-refractivity contribution in [3.8, 4) is 5.75 Å². The molecule has 0 radical (unpaired) electrons. The fraction of sp³-hybridized carbons (Fsp3) is 0.533. The van der Waals surface area contributed by atoms with Crippen LogP contribution in [0.25, 0.3) is 0 Å². The van der Waals surface area contributed by atoms with Crippen LogP contribution in [-0.2, 0) is 0 Å². The third-order valence-corrected chi connectivity index (χ3v) is 3.32. The van der Waals surface area contributed by atoms with Crippen LogP contribution in [0.3, 0.4) is 0 Å². The molecule has 4 heteroatoms. The second-order valence-electron chi connectivity index (χ2n) is 5.24. The van der Waals surface area contributed by atoms with Gasteiger partial charge in [0.1, 0.15) is 5.75 Å². The fourth-order valence-electron chi connectivity index (χ4n) is 1.64. The predicted molar refractivity (Wildman–Crippen MR) is 82.1 cm³/mol. The van der Waals surface area contributed by atoms with Gasteiger partial charge in [0.05, 0.1) is 6.61 Å². The highest BCUT2D eigenvalue weighted by molar-refractivity contribution is 9.09. The van der Waals surface area contributed by atoms with Crippen molar-refractivity contribution in [2.24, 2.45) is 5.41 Å². The Morgan fingerprint density at radius 3 is 2.47 bits per heavy atom. The second kappa shape index (κ2) is 7.53. The quantitative estimate of drug-likeness (QED) is 0.776. The Hall–Kier alpha value is -1.03. The van der Waals surface area contributed by atoms with Crippen LogP contribution in [0.15, 0.2) is 24.3 Å². The summed E-state index contributed by atoms with van der Waals surface area (Å²) in [7, 11) is 0. The first-order chi connectivity index (χ1) is 8.98. The molecular formula is C15H22BrNO2. The van der Waals surface area contributed by atoms with Crippen molar-refractivity contribution in [3.63, 3.8) is 0 Å². The Bertz CT molecular complexity index is 401. The number of ether oxygens (including phenoxy) is 1. The largest absolute Gasteiger partial charge is 0.494 e. The maximum atomic E-state index is 12.0. The van der Waals surface area contributed by atoms with E-state index in [-0.39, 0.29) is 11.3 Å². The van der Waals surface area contributed by atoms with Gasteiger partial charge in [-0.2, -0.15) is 0 Å². The Labute approximate surface area is 123 Å². The Balaban J connectivity index is 2.53. The minimum atomic E-state index is -0.0364. The molecule has 1 aromatic carbocycles. The van der Waals surface area contributed by atoms with E-state index in [1.54, 1.807) is 12.1 Å². The molecule has 1 amide bonds. The molecule has 1 N–H and O–H groups in total. The summed E-state index contributed by atoms with van der Waals surface area (Å²) in [6, 6.07) is 7.22. The predicted octanol–water partition coefficient (Wildman–Crippen LogP) is 3.63. The molecule has 1 rings (SSSR count). The summed E-state index contributed by atoms with van der Waals surface area (Å²) < 4.78 is 5.35. The van der Waals surface area contributed by atoms with Crippen LogP contribution in [0.4, 0.5) is 0 Å². The smallest absolute Gasteiger partial charge is 0.251 e. The second-order valence-corrected chi connectivity index (χ2v) is 6.04. The molecule has 0 bridgehead atoms. The molecule has 0 aliphatic heterocycles. The number of alkyl halides is 1. The van der Waals surface area contributed by atoms with E-state index in [0.29, 0.717) is 18.7 Å². The van der Waals surface area contributed by atoms with Crippen molar-refractivity contribution >= 4 is 21.8 Å². The molecule has 0 aliphatic rings. The molecule has 0 heterocycles. The number of benzene rings is 1. The topological polar surface area (TPSA) is 38.3 Å². The van der Waals surface area contributed by atoms with Crippen LogP contribution < -0.4 is 10.1 Å². The molecular weight excluding hydrogens is 306 g/mol. The van der Waals surface area contributed by atoms with Crippen LogP contribution in [-0.4, -0.2) is 24.4 Å². The van der Waals surface area contributed by atoms with Crippen LogP contribution in [0.2, 0.25) is 0 Å². The molecule has 1 aromatic rings. The minimum Gasteiger partial charge on any atom is -0.494 e. The van der Waals surface area contributed by atoms with Crippen molar-refractivity contribution in [1.29, 1.82) is 0 Å². The normalized spacial score (nSPS) is 11.2. The lowest BCUT2D eigenvalue weighted by Gasteiger charge is -2.23. The molecule has 19 heavy (non-hydrogen) atoms.